The number of rotatable bonds is 10. The zero-order valence-corrected chi connectivity index (χ0v) is 23.1. The molecule has 37 heavy (non-hydrogen) atoms. The number of hydrogen-bond acceptors (Lipinski definition) is 8. The Hall–Kier alpha value is -2.02. The molecule has 200 valence electrons. The van der Waals surface area contributed by atoms with E-state index in [4.69, 9.17) is 37.7 Å². The van der Waals surface area contributed by atoms with Gasteiger partial charge in [0.15, 0.2) is 11.0 Å². The minimum absolute atomic E-state index is 0.263. The Kier molecular flexibility index (Phi) is 9.96. The van der Waals surface area contributed by atoms with Gasteiger partial charge in [0.05, 0.1) is 35.0 Å². The van der Waals surface area contributed by atoms with Gasteiger partial charge in [-0.2, -0.15) is 5.26 Å². The van der Waals surface area contributed by atoms with Crippen LogP contribution in [0.4, 0.5) is 5.82 Å². The minimum Gasteiger partial charge on any atom is -0.383 e. The topological polar surface area (TPSA) is 105 Å². The zero-order valence-electron chi connectivity index (χ0n) is 21.6. The van der Waals surface area contributed by atoms with E-state index in [1.807, 2.05) is 6.07 Å². The maximum atomic E-state index is 9.75. The summed E-state index contributed by atoms with van der Waals surface area (Å²) in [5.41, 5.74) is 1.90. The third-order valence-electron chi connectivity index (χ3n) is 7.48. The smallest absolute Gasteiger partial charge is 0.171 e. The SMILES string of the molecule is COC[C@@H](C)NC1CCC(Cc2cc(-c3cnc(Cl)c(NCC4(C#N)CCOCC4)n3)c(Cl)cn2)CC1. The van der Waals surface area contributed by atoms with E-state index in [0.29, 0.717) is 67.1 Å². The van der Waals surface area contributed by atoms with Gasteiger partial charge in [-0.3, -0.25) is 4.98 Å². The Bertz CT molecular complexity index is 1080. The fourth-order valence-electron chi connectivity index (χ4n) is 5.28. The number of halogens is 2. The molecule has 2 N–H and O–H groups in total. The predicted octanol–water partition coefficient (Wildman–Crippen LogP) is 5.30. The molecule has 2 aromatic heterocycles. The van der Waals surface area contributed by atoms with E-state index < -0.39 is 5.41 Å². The minimum atomic E-state index is -0.503. The summed E-state index contributed by atoms with van der Waals surface area (Å²) >= 11 is 12.9. The molecule has 0 aromatic carbocycles. The number of nitrogens with zero attached hydrogens (tertiary/aromatic N) is 4. The fraction of sp³-hybridized carbons (Fsp3) is 0.630. The first-order valence-electron chi connectivity index (χ1n) is 13.1. The summed E-state index contributed by atoms with van der Waals surface area (Å²) in [6.07, 6.45) is 10.2. The van der Waals surface area contributed by atoms with E-state index in [0.717, 1.165) is 50.0 Å². The van der Waals surface area contributed by atoms with Crippen LogP contribution in [0, 0.1) is 22.7 Å². The maximum absolute atomic E-state index is 9.75. The Balaban J connectivity index is 1.41. The Morgan fingerprint density at radius 2 is 1.95 bits per heavy atom. The molecular formula is C27H36Cl2N6O2. The van der Waals surface area contributed by atoms with Gasteiger partial charge in [-0.05, 0) is 63.9 Å². The lowest BCUT2D eigenvalue weighted by Gasteiger charge is -2.31. The third kappa shape index (κ3) is 7.52. The number of hydrogen-bond donors (Lipinski definition) is 2. The van der Waals surface area contributed by atoms with Crippen molar-refractivity contribution in [3.8, 4) is 17.3 Å². The fourth-order valence-corrected chi connectivity index (χ4v) is 5.64. The number of anilines is 1. The predicted molar refractivity (Wildman–Crippen MR) is 146 cm³/mol. The van der Waals surface area contributed by atoms with Crippen molar-refractivity contribution in [2.75, 3.05) is 38.8 Å². The Morgan fingerprint density at radius 1 is 1.19 bits per heavy atom. The van der Waals surface area contributed by atoms with E-state index >= 15 is 0 Å². The standard InChI is InChI=1S/C27H36Cl2N6O2/c1-18(15-36-2)34-20-5-3-19(4-6-20)11-21-12-22(23(28)13-31-21)24-14-32-25(29)26(35-24)33-17-27(16-30)7-9-37-10-8-27/h12-14,18-20,34H,3-11,15,17H2,1-2H3,(H,33,35)/t18-,19?,20?/m1/s1. The van der Waals surface area contributed by atoms with E-state index in [2.05, 4.69) is 33.6 Å². The molecule has 0 amide bonds. The molecule has 3 heterocycles. The molecule has 0 bridgehead atoms. The van der Waals surface area contributed by atoms with E-state index in [-0.39, 0.29) is 5.15 Å². The molecule has 1 atom stereocenters. The van der Waals surface area contributed by atoms with Crippen LogP contribution in [0.5, 0.6) is 0 Å². The van der Waals surface area contributed by atoms with Crippen molar-refractivity contribution in [3.05, 3.63) is 34.3 Å². The van der Waals surface area contributed by atoms with Crippen molar-refractivity contribution in [2.45, 2.75) is 64.0 Å². The van der Waals surface area contributed by atoms with Crippen LogP contribution in [0.1, 0.15) is 51.1 Å². The van der Waals surface area contributed by atoms with Crippen molar-refractivity contribution in [1.29, 1.82) is 5.26 Å². The molecule has 1 aliphatic heterocycles. The number of pyridine rings is 1. The third-order valence-corrected chi connectivity index (χ3v) is 8.06. The largest absolute Gasteiger partial charge is 0.383 e. The second-order valence-electron chi connectivity index (χ2n) is 10.4. The van der Waals surface area contributed by atoms with Crippen molar-refractivity contribution in [2.24, 2.45) is 11.3 Å². The summed E-state index contributed by atoms with van der Waals surface area (Å²) in [6, 6.07) is 5.39. The molecule has 0 radical (unpaired) electrons. The van der Waals surface area contributed by atoms with Crippen LogP contribution in [0.25, 0.3) is 11.3 Å². The van der Waals surface area contributed by atoms with Crippen molar-refractivity contribution < 1.29 is 9.47 Å². The summed E-state index contributed by atoms with van der Waals surface area (Å²) in [5.74, 6) is 1.04. The summed E-state index contributed by atoms with van der Waals surface area (Å²) in [6.45, 7) is 4.49. The molecule has 0 unspecified atom stereocenters. The van der Waals surface area contributed by atoms with Gasteiger partial charge in [-0.25, -0.2) is 9.97 Å². The Morgan fingerprint density at radius 3 is 2.65 bits per heavy atom. The van der Waals surface area contributed by atoms with E-state index in [9.17, 15) is 5.26 Å². The number of aromatic nitrogens is 3. The molecule has 2 aromatic rings. The molecule has 1 saturated heterocycles. The van der Waals surface area contributed by atoms with Crippen LogP contribution < -0.4 is 10.6 Å². The first-order chi connectivity index (χ1) is 17.9. The average Bonchev–Trinajstić information content (AvgIpc) is 2.91. The summed E-state index contributed by atoms with van der Waals surface area (Å²) in [7, 11) is 1.74. The molecule has 1 saturated carbocycles. The maximum Gasteiger partial charge on any atom is 0.171 e. The average molecular weight is 548 g/mol. The quantitative estimate of drug-likeness (QED) is 0.413. The van der Waals surface area contributed by atoms with Crippen LogP contribution in [-0.4, -0.2) is 60.5 Å². The van der Waals surface area contributed by atoms with Gasteiger partial charge in [0.2, 0.25) is 0 Å². The highest BCUT2D eigenvalue weighted by atomic mass is 35.5. The van der Waals surface area contributed by atoms with Crippen molar-refractivity contribution in [1.82, 2.24) is 20.3 Å². The highest BCUT2D eigenvalue weighted by Gasteiger charge is 2.33. The van der Waals surface area contributed by atoms with E-state index in [1.54, 1.807) is 19.5 Å². The van der Waals surface area contributed by atoms with Gasteiger partial charge >= 0.3 is 0 Å². The summed E-state index contributed by atoms with van der Waals surface area (Å²) < 4.78 is 10.7. The summed E-state index contributed by atoms with van der Waals surface area (Å²) in [5, 5.41) is 17.5. The second-order valence-corrected chi connectivity index (χ2v) is 11.1. The van der Waals surface area contributed by atoms with Crippen molar-refractivity contribution in [3.63, 3.8) is 0 Å². The monoisotopic (exact) mass is 546 g/mol. The molecule has 2 aliphatic rings. The van der Waals surface area contributed by atoms with Gasteiger partial charge in [0.1, 0.15) is 0 Å². The summed E-state index contributed by atoms with van der Waals surface area (Å²) in [4.78, 5) is 13.7. The second kappa shape index (κ2) is 13.2. The van der Waals surface area contributed by atoms with Crippen LogP contribution in [0.2, 0.25) is 10.2 Å². The van der Waals surface area contributed by atoms with Crippen LogP contribution >= 0.6 is 23.2 Å². The van der Waals surface area contributed by atoms with Crippen LogP contribution in [0.15, 0.2) is 18.5 Å². The normalized spacial score (nSPS) is 22.2. The van der Waals surface area contributed by atoms with Gasteiger partial charge in [-0.15, -0.1) is 0 Å². The van der Waals surface area contributed by atoms with Gasteiger partial charge in [0.25, 0.3) is 0 Å². The molecule has 0 spiro atoms. The van der Waals surface area contributed by atoms with Gasteiger partial charge < -0.3 is 20.1 Å². The number of ether oxygens (including phenoxy) is 2. The number of nitriles is 1. The van der Waals surface area contributed by atoms with Gasteiger partial charge in [-0.1, -0.05) is 23.2 Å². The zero-order chi connectivity index (χ0) is 26.3. The number of nitrogens with one attached hydrogen (secondary N) is 2. The highest BCUT2D eigenvalue weighted by Crippen LogP contribution is 2.33. The Labute approximate surface area is 229 Å². The van der Waals surface area contributed by atoms with E-state index in [1.165, 1.54) is 0 Å². The molecule has 8 nitrogen and oxygen atoms in total. The lowest BCUT2D eigenvalue weighted by atomic mass is 9.82. The molecule has 2 fully saturated rings. The molecular weight excluding hydrogens is 511 g/mol. The lowest BCUT2D eigenvalue weighted by molar-refractivity contribution is 0.0455. The molecule has 1 aliphatic carbocycles. The van der Waals surface area contributed by atoms with Crippen LogP contribution in [0.3, 0.4) is 0 Å². The number of methoxy groups -OCH3 is 1. The molecule has 4 rings (SSSR count). The lowest BCUT2D eigenvalue weighted by Crippen LogP contribution is -2.41. The first-order valence-corrected chi connectivity index (χ1v) is 13.8. The highest BCUT2D eigenvalue weighted by molar-refractivity contribution is 6.33. The van der Waals surface area contributed by atoms with Crippen molar-refractivity contribution >= 4 is 29.0 Å². The van der Waals surface area contributed by atoms with Gasteiger partial charge in [0, 0.05) is 56.4 Å². The van der Waals surface area contributed by atoms with Crippen LogP contribution in [-0.2, 0) is 15.9 Å². The first kappa shape index (κ1) is 28.0. The molecule has 10 heteroatoms.